The van der Waals surface area contributed by atoms with Gasteiger partial charge in [0.1, 0.15) is 5.82 Å². The van der Waals surface area contributed by atoms with E-state index in [1.54, 1.807) is 25.4 Å². The fourth-order valence-electron chi connectivity index (χ4n) is 2.22. The van der Waals surface area contributed by atoms with Crippen molar-refractivity contribution in [2.45, 2.75) is 31.9 Å². The molecule has 1 N–H and O–H groups in total. The van der Waals surface area contributed by atoms with Crippen LogP contribution in [0.2, 0.25) is 0 Å². The number of pyridine rings is 1. The van der Waals surface area contributed by atoms with Crippen LogP contribution in [0.15, 0.2) is 42.7 Å². The quantitative estimate of drug-likeness (QED) is 0.882. The van der Waals surface area contributed by atoms with Crippen LogP contribution in [0.5, 0.6) is 0 Å². The maximum atomic E-state index is 13.8. The summed E-state index contributed by atoms with van der Waals surface area (Å²) in [6.45, 7) is 5.87. The van der Waals surface area contributed by atoms with E-state index in [1.165, 1.54) is 12.1 Å². The molecule has 1 heterocycles. The Bertz CT molecular complexity index is 774. The number of hydrogen-bond donors (Lipinski definition) is 1. The molecule has 6 heteroatoms. The van der Waals surface area contributed by atoms with Crippen LogP contribution in [0, 0.1) is 12.7 Å². The van der Waals surface area contributed by atoms with E-state index in [9.17, 15) is 12.8 Å². The molecule has 0 aliphatic rings. The lowest BCUT2D eigenvalue weighted by atomic mass is 9.86. The van der Waals surface area contributed by atoms with E-state index in [0.717, 1.165) is 11.1 Å². The standard InChI is InChI=1S/C17H21FN2O2S/c1-13-4-5-14(16(18)10-13)11-23(21,22)20-12-17(2,3)15-6-8-19-9-7-15/h4-10,20H,11-12H2,1-3H3. The van der Waals surface area contributed by atoms with Gasteiger partial charge in [-0.25, -0.2) is 17.5 Å². The van der Waals surface area contributed by atoms with E-state index < -0.39 is 15.8 Å². The van der Waals surface area contributed by atoms with Gasteiger partial charge >= 0.3 is 0 Å². The summed E-state index contributed by atoms with van der Waals surface area (Å²) in [4.78, 5) is 3.96. The lowest BCUT2D eigenvalue weighted by molar-refractivity contribution is 0.500. The van der Waals surface area contributed by atoms with Gasteiger partial charge in [-0.2, -0.15) is 0 Å². The van der Waals surface area contributed by atoms with Gasteiger partial charge in [0.2, 0.25) is 10.0 Å². The van der Waals surface area contributed by atoms with E-state index in [1.807, 2.05) is 26.0 Å². The highest BCUT2D eigenvalue weighted by molar-refractivity contribution is 7.88. The Morgan fingerprint density at radius 3 is 2.43 bits per heavy atom. The molecule has 2 rings (SSSR count). The van der Waals surface area contributed by atoms with Crippen LogP contribution in [0.3, 0.4) is 0 Å². The fraction of sp³-hybridized carbons (Fsp3) is 0.353. The number of nitrogens with one attached hydrogen (secondary N) is 1. The number of aromatic nitrogens is 1. The van der Waals surface area contributed by atoms with Crippen molar-refractivity contribution in [3.63, 3.8) is 0 Å². The minimum Gasteiger partial charge on any atom is -0.265 e. The van der Waals surface area contributed by atoms with Crippen LogP contribution in [0.4, 0.5) is 4.39 Å². The Balaban J connectivity index is 2.07. The monoisotopic (exact) mass is 336 g/mol. The zero-order chi connectivity index (χ0) is 17.1. The predicted octanol–water partition coefficient (Wildman–Crippen LogP) is 2.93. The average molecular weight is 336 g/mol. The molecule has 0 saturated heterocycles. The maximum absolute atomic E-state index is 13.8. The number of hydrogen-bond acceptors (Lipinski definition) is 3. The van der Waals surface area contributed by atoms with Crippen LogP contribution in [-0.2, 0) is 21.2 Å². The van der Waals surface area contributed by atoms with E-state index in [2.05, 4.69) is 9.71 Å². The lowest BCUT2D eigenvalue weighted by Crippen LogP contribution is -2.37. The summed E-state index contributed by atoms with van der Waals surface area (Å²) in [5.74, 6) is -0.866. The SMILES string of the molecule is Cc1ccc(CS(=O)(=O)NCC(C)(C)c2ccncc2)c(F)c1. The molecule has 0 fully saturated rings. The number of aryl methyl sites for hydroxylation is 1. The maximum Gasteiger partial charge on any atom is 0.215 e. The molecule has 23 heavy (non-hydrogen) atoms. The van der Waals surface area contributed by atoms with Crippen molar-refractivity contribution in [2.75, 3.05) is 6.54 Å². The molecular weight excluding hydrogens is 315 g/mol. The van der Waals surface area contributed by atoms with Crippen molar-refractivity contribution in [1.82, 2.24) is 9.71 Å². The first kappa shape index (κ1) is 17.6. The van der Waals surface area contributed by atoms with Crippen LogP contribution < -0.4 is 4.72 Å². The molecule has 0 unspecified atom stereocenters. The molecule has 2 aromatic rings. The van der Waals surface area contributed by atoms with Gasteiger partial charge in [0.15, 0.2) is 0 Å². The highest BCUT2D eigenvalue weighted by Crippen LogP contribution is 2.22. The lowest BCUT2D eigenvalue weighted by Gasteiger charge is -2.25. The summed E-state index contributed by atoms with van der Waals surface area (Å²) >= 11 is 0. The zero-order valence-electron chi connectivity index (χ0n) is 13.5. The normalized spacial score (nSPS) is 12.3. The molecule has 0 spiro atoms. The van der Waals surface area contributed by atoms with Gasteiger partial charge in [0.05, 0.1) is 5.75 Å². The fourth-order valence-corrected chi connectivity index (χ4v) is 3.55. The van der Waals surface area contributed by atoms with Gasteiger partial charge in [-0.1, -0.05) is 26.0 Å². The summed E-state index contributed by atoms with van der Waals surface area (Å²) in [5.41, 5.74) is 1.53. The third-order valence-electron chi connectivity index (χ3n) is 3.75. The average Bonchev–Trinajstić information content (AvgIpc) is 2.49. The predicted molar refractivity (Wildman–Crippen MR) is 89.0 cm³/mol. The van der Waals surface area contributed by atoms with Gasteiger partial charge < -0.3 is 0 Å². The van der Waals surface area contributed by atoms with Gasteiger partial charge in [-0.3, -0.25) is 4.98 Å². The van der Waals surface area contributed by atoms with Gasteiger partial charge in [-0.05, 0) is 36.2 Å². The Morgan fingerprint density at radius 2 is 1.83 bits per heavy atom. The molecule has 0 aliphatic carbocycles. The third kappa shape index (κ3) is 4.84. The van der Waals surface area contributed by atoms with Crippen LogP contribution in [-0.4, -0.2) is 19.9 Å². The summed E-state index contributed by atoms with van der Waals surface area (Å²) in [6, 6.07) is 8.26. The summed E-state index contributed by atoms with van der Waals surface area (Å²) in [6.07, 6.45) is 3.35. The van der Waals surface area contributed by atoms with Crippen LogP contribution in [0.25, 0.3) is 0 Å². The topological polar surface area (TPSA) is 59.1 Å². The second-order valence-electron chi connectivity index (χ2n) is 6.29. The van der Waals surface area contributed by atoms with Crippen molar-refractivity contribution in [2.24, 2.45) is 0 Å². The molecule has 1 aromatic heterocycles. The van der Waals surface area contributed by atoms with Gasteiger partial charge in [0, 0.05) is 29.9 Å². The van der Waals surface area contributed by atoms with Gasteiger partial charge in [0.25, 0.3) is 0 Å². The largest absolute Gasteiger partial charge is 0.265 e. The molecule has 0 atom stereocenters. The van der Waals surface area contributed by atoms with Crippen molar-refractivity contribution < 1.29 is 12.8 Å². The minimum absolute atomic E-state index is 0.171. The van der Waals surface area contributed by atoms with Crippen LogP contribution in [0.1, 0.15) is 30.5 Å². The summed E-state index contributed by atoms with van der Waals surface area (Å²) in [7, 11) is -3.62. The molecule has 124 valence electrons. The molecule has 0 aliphatic heterocycles. The minimum atomic E-state index is -3.62. The molecule has 0 bridgehead atoms. The Morgan fingerprint density at radius 1 is 1.17 bits per heavy atom. The number of rotatable bonds is 6. The molecule has 0 saturated carbocycles. The van der Waals surface area contributed by atoms with E-state index >= 15 is 0 Å². The van der Waals surface area contributed by atoms with Crippen molar-refractivity contribution in [1.29, 1.82) is 0 Å². The molecule has 1 aromatic carbocycles. The zero-order valence-corrected chi connectivity index (χ0v) is 14.3. The van der Waals surface area contributed by atoms with E-state index in [-0.39, 0.29) is 23.3 Å². The highest BCUT2D eigenvalue weighted by Gasteiger charge is 2.24. The highest BCUT2D eigenvalue weighted by atomic mass is 32.2. The molecule has 0 amide bonds. The first-order chi connectivity index (χ1) is 10.7. The summed E-state index contributed by atoms with van der Waals surface area (Å²) in [5, 5.41) is 0. The third-order valence-corrected chi connectivity index (χ3v) is 5.03. The van der Waals surface area contributed by atoms with Crippen molar-refractivity contribution in [3.8, 4) is 0 Å². The molecule has 0 radical (unpaired) electrons. The molecule has 4 nitrogen and oxygen atoms in total. The Hall–Kier alpha value is -1.79. The number of nitrogens with zero attached hydrogens (tertiary/aromatic N) is 1. The van der Waals surface area contributed by atoms with Crippen LogP contribution >= 0.6 is 0 Å². The Labute approximate surface area is 136 Å². The first-order valence-corrected chi connectivity index (χ1v) is 8.98. The van der Waals surface area contributed by atoms with E-state index in [4.69, 9.17) is 0 Å². The number of halogens is 1. The second-order valence-corrected chi connectivity index (χ2v) is 8.10. The molecular formula is C17H21FN2O2S. The van der Waals surface area contributed by atoms with E-state index in [0.29, 0.717) is 0 Å². The van der Waals surface area contributed by atoms with Crippen molar-refractivity contribution in [3.05, 3.63) is 65.2 Å². The first-order valence-electron chi connectivity index (χ1n) is 7.32. The van der Waals surface area contributed by atoms with Crippen molar-refractivity contribution >= 4 is 10.0 Å². The number of sulfonamides is 1. The number of benzene rings is 1. The smallest absolute Gasteiger partial charge is 0.215 e. The summed E-state index contributed by atoms with van der Waals surface area (Å²) < 4.78 is 40.8. The second kappa shape index (κ2) is 6.76. The Kier molecular flexibility index (Phi) is 5.16. The van der Waals surface area contributed by atoms with Gasteiger partial charge in [-0.15, -0.1) is 0 Å².